The van der Waals surface area contributed by atoms with Crippen molar-refractivity contribution in [3.05, 3.63) is 46.7 Å². The van der Waals surface area contributed by atoms with E-state index in [1.165, 1.54) is 11.8 Å². The molecule has 2 rings (SSSR count). The SMILES string of the molecule is Cc1ccnc(Sc2cccc(Cl)c2CO)n1. The highest BCUT2D eigenvalue weighted by Gasteiger charge is 2.08. The molecule has 1 heterocycles. The van der Waals surface area contributed by atoms with Crippen molar-refractivity contribution in [2.75, 3.05) is 0 Å². The first-order chi connectivity index (χ1) is 8.20. The molecule has 0 radical (unpaired) electrons. The van der Waals surface area contributed by atoms with Crippen LogP contribution in [0, 0.1) is 6.92 Å². The van der Waals surface area contributed by atoms with E-state index in [1.54, 1.807) is 12.3 Å². The maximum atomic E-state index is 9.29. The summed E-state index contributed by atoms with van der Waals surface area (Å²) in [5, 5.41) is 10.5. The molecule has 0 saturated heterocycles. The predicted molar refractivity (Wildman–Crippen MR) is 68.3 cm³/mol. The van der Waals surface area contributed by atoms with Gasteiger partial charge in [-0.3, -0.25) is 0 Å². The van der Waals surface area contributed by atoms with Gasteiger partial charge in [-0.2, -0.15) is 0 Å². The van der Waals surface area contributed by atoms with Crippen LogP contribution in [-0.2, 0) is 6.61 Å². The molecule has 1 aromatic heterocycles. The van der Waals surface area contributed by atoms with Gasteiger partial charge in [-0.15, -0.1) is 0 Å². The minimum atomic E-state index is -0.0895. The Bertz CT molecular complexity index is 534. The number of aromatic nitrogens is 2. The van der Waals surface area contributed by atoms with Crippen LogP contribution in [-0.4, -0.2) is 15.1 Å². The maximum absolute atomic E-state index is 9.29. The zero-order valence-corrected chi connectivity index (χ0v) is 10.8. The molecule has 0 unspecified atom stereocenters. The summed E-state index contributed by atoms with van der Waals surface area (Å²) >= 11 is 7.41. The normalized spacial score (nSPS) is 10.5. The van der Waals surface area contributed by atoms with Crippen molar-refractivity contribution >= 4 is 23.4 Å². The van der Waals surface area contributed by atoms with Crippen LogP contribution in [0.3, 0.4) is 0 Å². The van der Waals surface area contributed by atoms with Gasteiger partial charge in [0.1, 0.15) is 0 Å². The zero-order chi connectivity index (χ0) is 12.3. The molecular weight excluding hydrogens is 256 g/mol. The highest BCUT2D eigenvalue weighted by Crippen LogP contribution is 2.31. The largest absolute Gasteiger partial charge is 0.392 e. The number of hydrogen-bond donors (Lipinski definition) is 1. The summed E-state index contributed by atoms with van der Waals surface area (Å²) in [7, 11) is 0. The Hall–Kier alpha value is -1.10. The minimum Gasteiger partial charge on any atom is -0.392 e. The quantitative estimate of drug-likeness (QED) is 0.868. The van der Waals surface area contributed by atoms with Crippen LogP contribution in [0.4, 0.5) is 0 Å². The Kier molecular flexibility index (Phi) is 3.99. The highest BCUT2D eigenvalue weighted by molar-refractivity contribution is 7.99. The fourth-order valence-corrected chi connectivity index (χ4v) is 2.60. The van der Waals surface area contributed by atoms with Crippen molar-refractivity contribution in [2.45, 2.75) is 23.6 Å². The van der Waals surface area contributed by atoms with E-state index in [0.29, 0.717) is 15.7 Å². The first-order valence-corrected chi connectivity index (χ1v) is 6.26. The van der Waals surface area contributed by atoms with Gasteiger partial charge in [0.15, 0.2) is 5.16 Å². The van der Waals surface area contributed by atoms with E-state index in [-0.39, 0.29) is 6.61 Å². The second kappa shape index (κ2) is 5.49. The molecule has 88 valence electrons. The molecule has 17 heavy (non-hydrogen) atoms. The number of aliphatic hydroxyl groups excluding tert-OH is 1. The van der Waals surface area contributed by atoms with Crippen molar-refractivity contribution in [3.8, 4) is 0 Å². The fraction of sp³-hybridized carbons (Fsp3) is 0.167. The molecule has 1 N–H and O–H groups in total. The second-order valence-corrected chi connectivity index (χ2v) is 4.87. The van der Waals surface area contributed by atoms with Crippen LogP contribution >= 0.6 is 23.4 Å². The molecule has 0 bridgehead atoms. The molecular formula is C12H11ClN2OS. The Morgan fingerprint density at radius 1 is 1.35 bits per heavy atom. The van der Waals surface area contributed by atoms with Crippen LogP contribution in [0.5, 0.6) is 0 Å². The third kappa shape index (κ3) is 2.97. The van der Waals surface area contributed by atoms with Gasteiger partial charge in [-0.25, -0.2) is 9.97 Å². The average molecular weight is 267 g/mol. The van der Waals surface area contributed by atoms with Gasteiger partial charge in [-0.1, -0.05) is 17.7 Å². The molecule has 0 amide bonds. The van der Waals surface area contributed by atoms with Gasteiger partial charge < -0.3 is 5.11 Å². The zero-order valence-electron chi connectivity index (χ0n) is 9.22. The van der Waals surface area contributed by atoms with E-state index >= 15 is 0 Å². The minimum absolute atomic E-state index is 0.0895. The van der Waals surface area contributed by atoms with Gasteiger partial charge in [0.2, 0.25) is 0 Å². The molecule has 0 atom stereocenters. The molecule has 0 saturated carbocycles. The lowest BCUT2D eigenvalue weighted by Crippen LogP contribution is -1.92. The second-order valence-electron chi connectivity index (χ2n) is 3.46. The van der Waals surface area contributed by atoms with E-state index in [4.69, 9.17) is 11.6 Å². The summed E-state index contributed by atoms with van der Waals surface area (Å²) in [5.41, 5.74) is 1.62. The lowest BCUT2D eigenvalue weighted by Gasteiger charge is -2.07. The van der Waals surface area contributed by atoms with E-state index in [2.05, 4.69) is 9.97 Å². The van der Waals surface area contributed by atoms with Gasteiger partial charge in [0.05, 0.1) is 6.61 Å². The number of hydrogen-bond acceptors (Lipinski definition) is 4. The molecule has 5 heteroatoms. The molecule has 1 aromatic carbocycles. The van der Waals surface area contributed by atoms with Gasteiger partial charge in [0, 0.05) is 27.4 Å². The standard InChI is InChI=1S/C12H11ClN2OS/c1-8-5-6-14-12(15-8)17-11-4-2-3-10(13)9(11)7-16/h2-6,16H,7H2,1H3. The average Bonchev–Trinajstić information content (AvgIpc) is 2.29. The monoisotopic (exact) mass is 266 g/mol. The predicted octanol–water partition coefficient (Wildman–Crippen LogP) is 3.08. The third-order valence-corrected chi connectivity index (χ3v) is 3.54. The van der Waals surface area contributed by atoms with Crippen LogP contribution < -0.4 is 0 Å². The number of nitrogens with zero attached hydrogens (tertiary/aromatic N) is 2. The fourth-order valence-electron chi connectivity index (χ4n) is 1.36. The smallest absolute Gasteiger partial charge is 0.192 e. The van der Waals surface area contributed by atoms with Crippen LogP contribution in [0.2, 0.25) is 5.02 Å². The maximum Gasteiger partial charge on any atom is 0.192 e. The molecule has 2 aromatic rings. The summed E-state index contributed by atoms with van der Waals surface area (Å²) in [4.78, 5) is 9.35. The molecule has 0 spiro atoms. The lowest BCUT2D eigenvalue weighted by atomic mass is 10.2. The first kappa shape index (κ1) is 12.4. The van der Waals surface area contributed by atoms with Gasteiger partial charge >= 0.3 is 0 Å². The first-order valence-electron chi connectivity index (χ1n) is 5.06. The van der Waals surface area contributed by atoms with Gasteiger partial charge in [-0.05, 0) is 36.9 Å². The van der Waals surface area contributed by atoms with E-state index in [0.717, 1.165) is 10.6 Å². The van der Waals surface area contributed by atoms with E-state index in [9.17, 15) is 5.11 Å². The van der Waals surface area contributed by atoms with Crippen molar-refractivity contribution < 1.29 is 5.11 Å². The van der Waals surface area contributed by atoms with Crippen molar-refractivity contribution in [1.29, 1.82) is 0 Å². The number of aliphatic hydroxyl groups is 1. The number of aryl methyl sites for hydroxylation is 1. The van der Waals surface area contributed by atoms with E-state index in [1.807, 2.05) is 25.1 Å². The number of halogens is 1. The summed E-state index contributed by atoms with van der Waals surface area (Å²) in [6.07, 6.45) is 1.72. The number of benzene rings is 1. The highest BCUT2D eigenvalue weighted by atomic mass is 35.5. The van der Waals surface area contributed by atoms with Crippen LogP contribution in [0.1, 0.15) is 11.3 Å². The Balaban J connectivity index is 2.33. The third-order valence-electron chi connectivity index (χ3n) is 2.21. The summed E-state index contributed by atoms with van der Waals surface area (Å²) in [6.45, 7) is 1.82. The topological polar surface area (TPSA) is 46.0 Å². The van der Waals surface area contributed by atoms with Crippen LogP contribution in [0.25, 0.3) is 0 Å². The summed E-state index contributed by atoms with van der Waals surface area (Å²) < 4.78 is 0. The lowest BCUT2D eigenvalue weighted by molar-refractivity contribution is 0.279. The Morgan fingerprint density at radius 2 is 2.18 bits per heavy atom. The molecule has 0 fully saturated rings. The summed E-state index contributed by atoms with van der Waals surface area (Å²) in [5.74, 6) is 0. The number of rotatable bonds is 3. The van der Waals surface area contributed by atoms with Crippen molar-refractivity contribution in [2.24, 2.45) is 0 Å². The Morgan fingerprint density at radius 3 is 2.88 bits per heavy atom. The molecule has 0 aliphatic rings. The molecule has 0 aliphatic heterocycles. The van der Waals surface area contributed by atoms with E-state index < -0.39 is 0 Å². The van der Waals surface area contributed by atoms with Crippen molar-refractivity contribution in [1.82, 2.24) is 9.97 Å². The Labute approximate surface area is 109 Å². The molecule has 3 nitrogen and oxygen atoms in total. The van der Waals surface area contributed by atoms with Crippen molar-refractivity contribution in [3.63, 3.8) is 0 Å². The van der Waals surface area contributed by atoms with Gasteiger partial charge in [0.25, 0.3) is 0 Å². The molecule has 0 aliphatic carbocycles. The van der Waals surface area contributed by atoms with Crippen LogP contribution in [0.15, 0.2) is 40.5 Å². The summed E-state index contributed by atoms with van der Waals surface area (Å²) in [6, 6.07) is 7.34.